The number of halogens is 2. The van der Waals surface area contributed by atoms with Crippen LogP contribution in [0.4, 0.5) is 8.78 Å². The summed E-state index contributed by atoms with van der Waals surface area (Å²) in [4.78, 5) is 2.41. The summed E-state index contributed by atoms with van der Waals surface area (Å²) >= 11 is 0. The van der Waals surface area contributed by atoms with Crippen molar-refractivity contribution in [2.45, 2.75) is 50.6 Å². The van der Waals surface area contributed by atoms with Gasteiger partial charge in [-0.3, -0.25) is 4.90 Å². The average molecular weight is 294 g/mol. The van der Waals surface area contributed by atoms with Crippen LogP contribution in [-0.4, -0.2) is 24.0 Å². The Balaban J connectivity index is 1.68. The summed E-state index contributed by atoms with van der Waals surface area (Å²) in [7, 11) is 0. The van der Waals surface area contributed by atoms with Gasteiger partial charge in [0, 0.05) is 24.2 Å². The summed E-state index contributed by atoms with van der Waals surface area (Å²) in [6, 6.07) is 3.68. The molecule has 1 heterocycles. The van der Waals surface area contributed by atoms with Crippen LogP contribution in [0, 0.1) is 17.6 Å². The Morgan fingerprint density at radius 2 is 1.90 bits per heavy atom. The predicted octanol–water partition coefficient (Wildman–Crippen LogP) is 3.62. The highest BCUT2D eigenvalue weighted by molar-refractivity contribution is 5.22. The van der Waals surface area contributed by atoms with Gasteiger partial charge in [0.15, 0.2) is 0 Å². The van der Waals surface area contributed by atoms with E-state index >= 15 is 0 Å². The molecule has 0 bridgehead atoms. The summed E-state index contributed by atoms with van der Waals surface area (Å²) in [6.07, 6.45) is 7.71. The Morgan fingerprint density at radius 1 is 1.14 bits per heavy atom. The van der Waals surface area contributed by atoms with Crippen LogP contribution in [0.2, 0.25) is 0 Å². The Labute approximate surface area is 125 Å². The Morgan fingerprint density at radius 3 is 2.67 bits per heavy atom. The molecule has 2 aliphatic rings. The number of likely N-dealkylation sites (tertiary alicyclic amines) is 1. The monoisotopic (exact) mass is 294 g/mol. The van der Waals surface area contributed by atoms with E-state index in [1.165, 1.54) is 50.7 Å². The minimum Gasteiger partial charge on any atom is -0.323 e. The molecule has 0 spiro atoms. The summed E-state index contributed by atoms with van der Waals surface area (Å²) < 4.78 is 27.1. The van der Waals surface area contributed by atoms with Crippen LogP contribution in [0.15, 0.2) is 18.2 Å². The first-order chi connectivity index (χ1) is 10.1. The van der Waals surface area contributed by atoms with Crippen molar-refractivity contribution in [3.05, 3.63) is 35.4 Å². The van der Waals surface area contributed by atoms with Gasteiger partial charge in [-0.2, -0.15) is 0 Å². The second-order valence-corrected chi connectivity index (χ2v) is 6.52. The second-order valence-electron chi connectivity index (χ2n) is 6.52. The van der Waals surface area contributed by atoms with E-state index in [4.69, 9.17) is 5.73 Å². The van der Waals surface area contributed by atoms with Gasteiger partial charge >= 0.3 is 0 Å². The summed E-state index contributed by atoms with van der Waals surface area (Å²) in [5.74, 6) is -0.0480. The van der Waals surface area contributed by atoms with E-state index < -0.39 is 17.7 Å². The van der Waals surface area contributed by atoms with Crippen LogP contribution in [-0.2, 0) is 0 Å². The summed E-state index contributed by atoms with van der Waals surface area (Å²) in [5.41, 5.74) is 6.46. The van der Waals surface area contributed by atoms with E-state index in [0.717, 1.165) is 18.5 Å². The molecule has 2 N–H and O–H groups in total. The maximum absolute atomic E-state index is 13.8. The van der Waals surface area contributed by atoms with Gasteiger partial charge in [0.1, 0.15) is 11.6 Å². The van der Waals surface area contributed by atoms with Crippen molar-refractivity contribution in [1.29, 1.82) is 0 Å². The molecule has 0 aromatic heterocycles. The lowest BCUT2D eigenvalue weighted by Crippen LogP contribution is -2.39. The van der Waals surface area contributed by atoms with Gasteiger partial charge < -0.3 is 5.73 Å². The van der Waals surface area contributed by atoms with Crippen molar-refractivity contribution in [3.63, 3.8) is 0 Å². The van der Waals surface area contributed by atoms with Crippen molar-refractivity contribution in [2.75, 3.05) is 13.1 Å². The SMILES string of the molecule is NC(CN1CCCC1C1CCCC1)c1cc(F)ccc1F. The smallest absolute Gasteiger partial charge is 0.128 e. The number of hydrogen-bond acceptors (Lipinski definition) is 2. The molecule has 2 nitrogen and oxygen atoms in total. The third-order valence-corrected chi connectivity index (χ3v) is 5.15. The topological polar surface area (TPSA) is 29.3 Å². The quantitative estimate of drug-likeness (QED) is 0.919. The molecule has 1 aliphatic carbocycles. The molecule has 1 saturated heterocycles. The second kappa shape index (κ2) is 6.41. The van der Waals surface area contributed by atoms with Gasteiger partial charge in [0.05, 0.1) is 0 Å². The van der Waals surface area contributed by atoms with Crippen molar-refractivity contribution in [1.82, 2.24) is 4.90 Å². The van der Waals surface area contributed by atoms with Crippen LogP contribution in [0.3, 0.4) is 0 Å². The molecule has 116 valence electrons. The lowest BCUT2D eigenvalue weighted by atomic mass is 9.95. The molecule has 3 rings (SSSR count). The van der Waals surface area contributed by atoms with Gasteiger partial charge in [-0.15, -0.1) is 0 Å². The Bertz CT molecular complexity index is 486. The van der Waals surface area contributed by atoms with Gasteiger partial charge in [-0.25, -0.2) is 8.78 Å². The minimum atomic E-state index is -0.456. The molecule has 0 radical (unpaired) electrons. The Kier molecular flexibility index (Phi) is 4.55. The molecule has 2 fully saturated rings. The molecular weight excluding hydrogens is 270 g/mol. The van der Waals surface area contributed by atoms with Gasteiger partial charge in [0.25, 0.3) is 0 Å². The zero-order valence-electron chi connectivity index (χ0n) is 12.4. The average Bonchev–Trinajstić information content (AvgIpc) is 3.11. The first-order valence-corrected chi connectivity index (χ1v) is 8.09. The first kappa shape index (κ1) is 14.9. The standard InChI is InChI=1S/C17H24F2N2/c18-13-7-8-15(19)14(10-13)16(20)11-21-9-3-6-17(21)12-4-1-2-5-12/h7-8,10,12,16-17H,1-6,9,11,20H2. The van der Waals surface area contributed by atoms with Crippen molar-refractivity contribution >= 4 is 0 Å². The van der Waals surface area contributed by atoms with Crippen molar-refractivity contribution in [2.24, 2.45) is 11.7 Å². The maximum atomic E-state index is 13.8. The fourth-order valence-electron chi connectivity index (χ4n) is 4.10. The molecular formula is C17H24F2N2. The lowest BCUT2D eigenvalue weighted by molar-refractivity contribution is 0.180. The molecule has 0 amide bonds. The van der Waals surface area contributed by atoms with Gasteiger partial charge in [-0.1, -0.05) is 12.8 Å². The minimum absolute atomic E-state index is 0.298. The number of nitrogens with two attached hydrogens (primary N) is 1. The highest BCUT2D eigenvalue weighted by Crippen LogP contribution is 2.36. The van der Waals surface area contributed by atoms with Gasteiger partial charge in [-0.05, 0) is 56.3 Å². The van der Waals surface area contributed by atoms with Gasteiger partial charge in [0.2, 0.25) is 0 Å². The Hall–Kier alpha value is -1.00. The van der Waals surface area contributed by atoms with Crippen molar-refractivity contribution < 1.29 is 8.78 Å². The zero-order chi connectivity index (χ0) is 14.8. The van der Waals surface area contributed by atoms with E-state index in [9.17, 15) is 8.78 Å². The zero-order valence-corrected chi connectivity index (χ0v) is 12.4. The lowest BCUT2D eigenvalue weighted by Gasteiger charge is -2.31. The van der Waals surface area contributed by atoms with E-state index in [0.29, 0.717) is 18.2 Å². The van der Waals surface area contributed by atoms with Crippen LogP contribution < -0.4 is 5.73 Å². The molecule has 2 atom stereocenters. The number of rotatable bonds is 4. The fourth-order valence-corrected chi connectivity index (χ4v) is 4.10. The normalized spacial score (nSPS) is 25.6. The molecule has 1 aromatic rings. The maximum Gasteiger partial charge on any atom is 0.128 e. The molecule has 4 heteroatoms. The highest BCUT2D eigenvalue weighted by Gasteiger charge is 2.34. The fraction of sp³-hybridized carbons (Fsp3) is 0.647. The first-order valence-electron chi connectivity index (χ1n) is 8.09. The highest BCUT2D eigenvalue weighted by atomic mass is 19.1. The van der Waals surface area contributed by atoms with E-state index in [-0.39, 0.29) is 0 Å². The van der Waals surface area contributed by atoms with E-state index in [1.54, 1.807) is 0 Å². The van der Waals surface area contributed by atoms with E-state index in [2.05, 4.69) is 4.90 Å². The molecule has 1 aliphatic heterocycles. The third-order valence-electron chi connectivity index (χ3n) is 5.15. The summed E-state index contributed by atoms with van der Waals surface area (Å²) in [5, 5.41) is 0. The largest absolute Gasteiger partial charge is 0.323 e. The molecule has 2 unspecified atom stereocenters. The van der Waals surface area contributed by atoms with Crippen LogP contribution in [0.1, 0.15) is 50.1 Å². The molecule has 1 saturated carbocycles. The van der Waals surface area contributed by atoms with E-state index in [1.807, 2.05) is 0 Å². The van der Waals surface area contributed by atoms with Crippen LogP contribution in [0.5, 0.6) is 0 Å². The third kappa shape index (κ3) is 3.27. The number of nitrogens with zero attached hydrogens (tertiary/aromatic N) is 1. The molecule has 21 heavy (non-hydrogen) atoms. The summed E-state index contributed by atoms with van der Waals surface area (Å²) in [6.45, 7) is 1.66. The molecule has 1 aromatic carbocycles. The predicted molar refractivity (Wildman–Crippen MR) is 79.8 cm³/mol. The van der Waals surface area contributed by atoms with Crippen LogP contribution >= 0.6 is 0 Å². The van der Waals surface area contributed by atoms with Crippen molar-refractivity contribution in [3.8, 4) is 0 Å². The van der Waals surface area contributed by atoms with Crippen LogP contribution in [0.25, 0.3) is 0 Å². The number of hydrogen-bond donors (Lipinski definition) is 1. The number of benzene rings is 1.